The highest BCUT2D eigenvalue weighted by atomic mass is 32.1. The number of nitrogens with zero attached hydrogens (tertiary/aromatic N) is 1. The lowest BCUT2D eigenvalue weighted by atomic mass is 9.82. The maximum Gasteiger partial charge on any atom is 0.0640 e. The van der Waals surface area contributed by atoms with Gasteiger partial charge >= 0.3 is 0 Å². The van der Waals surface area contributed by atoms with E-state index in [2.05, 4.69) is 183 Å². The van der Waals surface area contributed by atoms with Crippen molar-refractivity contribution in [3.05, 3.63) is 175 Å². The Kier molecular flexibility index (Phi) is 6.16. The van der Waals surface area contributed by atoms with E-state index in [1.807, 2.05) is 11.3 Å². The summed E-state index contributed by atoms with van der Waals surface area (Å²) in [5.74, 6) is 0. The minimum atomic E-state index is -0.0397. The summed E-state index contributed by atoms with van der Waals surface area (Å²) in [6, 6.07) is 60.5. The molecule has 10 rings (SSSR count). The molecule has 232 valence electrons. The molecule has 1 aliphatic rings. The van der Waals surface area contributed by atoms with Crippen molar-refractivity contribution in [3.8, 4) is 22.3 Å². The van der Waals surface area contributed by atoms with Crippen LogP contribution < -0.4 is 4.90 Å². The Morgan fingerprint density at radius 1 is 0.449 bits per heavy atom. The van der Waals surface area contributed by atoms with E-state index >= 15 is 0 Å². The summed E-state index contributed by atoms with van der Waals surface area (Å²) in [4.78, 5) is 2.47. The highest BCUT2D eigenvalue weighted by Gasteiger charge is 2.35. The van der Waals surface area contributed by atoms with Crippen LogP contribution in [-0.4, -0.2) is 0 Å². The van der Waals surface area contributed by atoms with Crippen molar-refractivity contribution in [1.29, 1.82) is 0 Å². The second-order valence-electron chi connectivity index (χ2n) is 13.7. The van der Waals surface area contributed by atoms with Gasteiger partial charge < -0.3 is 4.90 Å². The number of rotatable bonds is 4. The molecule has 2 heteroatoms. The lowest BCUT2D eigenvalue weighted by Crippen LogP contribution is -2.15. The Morgan fingerprint density at radius 2 is 1.10 bits per heavy atom. The van der Waals surface area contributed by atoms with E-state index in [1.165, 1.54) is 86.5 Å². The van der Waals surface area contributed by atoms with E-state index in [0.717, 1.165) is 5.69 Å². The van der Waals surface area contributed by atoms with Gasteiger partial charge in [-0.05, 0) is 79.9 Å². The van der Waals surface area contributed by atoms with Crippen LogP contribution in [0.2, 0.25) is 0 Å². The van der Waals surface area contributed by atoms with Crippen LogP contribution in [0.5, 0.6) is 0 Å². The third kappa shape index (κ3) is 4.24. The number of hydrogen-bond acceptors (Lipinski definition) is 2. The molecule has 0 N–H and O–H groups in total. The van der Waals surface area contributed by atoms with Gasteiger partial charge in [0.05, 0.1) is 10.4 Å². The summed E-state index contributed by atoms with van der Waals surface area (Å²) in [6.45, 7) is 4.70. The van der Waals surface area contributed by atoms with Crippen LogP contribution in [0, 0.1) is 0 Å². The first-order valence-electron chi connectivity index (χ1n) is 17.0. The second kappa shape index (κ2) is 10.7. The van der Waals surface area contributed by atoms with Gasteiger partial charge in [-0.25, -0.2) is 0 Å². The molecule has 49 heavy (non-hydrogen) atoms. The van der Waals surface area contributed by atoms with Crippen LogP contribution in [0.1, 0.15) is 25.0 Å². The highest BCUT2D eigenvalue weighted by Crippen LogP contribution is 2.52. The van der Waals surface area contributed by atoms with Crippen LogP contribution >= 0.6 is 11.3 Å². The van der Waals surface area contributed by atoms with Crippen molar-refractivity contribution in [1.82, 2.24) is 0 Å². The molecule has 0 saturated carbocycles. The maximum atomic E-state index is 2.47. The predicted octanol–water partition coefficient (Wildman–Crippen LogP) is 13.8. The van der Waals surface area contributed by atoms with Gasteiger partial charge in [-0.2, -0.15) is 0 Å². The quantitative estimate of drug-likeness (QED) is 0.173. The van der Waals surface area contributed by atoms with Crippen LogP contribution in [0.25, 0.3) is 64.0 Å². The molecule has 1 heterocycles. The molecule has 8 aromatic carbocycles. The van der Waals surface area contributed by atoms with Crippen LogP contribution in [0.3, 0.4) is 0 Å². The van der Waals surface area contributed by atoms with Crippen molar-refractivity contribution >= 4 is 70.1 Å². The number of hydrogen-bond donors (Lipinski definition) is 0. The Balaban J connectivity index is 1.23. The van der Waals surface area contributed by atoms with Gasteiger partial charge in [0.15, 0.2) is 0 Å². The summed E-state index contributed by atoms with van der Waals surface area (Å²) in [7, 11) is 0. The largest absolute Gasteiger partial charge is 0.309 e. The van der Waals surface area contributed by atoms with Crippen molar-refractivity contribution in [2.45, 2.75) is 19.3 Å². The van der Waals surface area contributed by atoms with E-state index in [1.54, 1.807) is 0 Å². The van der Waals surface area contributed by atoms with E-state index in [4.69, 9.17) is 0 Å². The molecular weight excluding hydrogens is 611 g/mol. The summed E-state index contributed by atoms with van der Waals surface area (Å²) in [5, 5.41) is 7.83. The van der Waals surface area contributed by atoms with Gasteiger partial charge in [0.1, 0.15) is 0 Å². The molecule has 1 aliphatic carbocycles. The number of fused-ring (bicyclic) bond motifs is 10. The zero-order valence-electron chi connectivity index (χ0n) is 27.4. The lowest BCUT2D eigenvalue weighted by molar-refractivity contribution is 0.660. The average Bonchev–Trinajstić information content (AvgIpc) is 3.65. The monoisotopic (exact) mass is 643 g/mol. The molecular formula is C47H33NS. The summed E-state index contributed by atoms with van der Waals surface area (Å²) < 4.78 is 2.65. The number of benzene rings is 8. The Hall–Kier alpha value is -5.70. The molecule has 9 aromatic rings. The summed E-state index contributed by atoms with van der Waals surface area (Å²) in [5.41, 5.74) is 11.3. The first kappa shape index (κ1) is 28.3. The predicted molar refractivity (Wildman–Crippen MR) is 212 cm³/mol. The topological polar surface area (TPSA) is 3.24 Å². The fraction of sp³-hybridized carbons (Fsp3) is 0.0638. The zero-order chi connectivity index (χ0) is 32.7. The molecule has 1 nitrogen and oxygen atoms in total. The van der Waals surface area contributed by atoms with Gasteiger partial charge in [0, 0.05) is 37.6 Å². The molecule has 0 amide bonds. The van der Waals surface area contributed by atoms with Crippen molar-refractivity contribution in [3.63, 3.8) is 0 Å². The summed E-state index contributed by atoms with van der Waals surface area (Å²) in [6.07, 6.45) is 0. The number of anilines is 3. The van der Waals surface area contributed by atoms with Crippen molar-refractivity contribution < 1.29 is 0 Å². The molecule has 0 saturated heterocycles. The van der Waals surface area contributed by atoms with Gasteiger partial charge in [-0.1, -0.05) is 147 Å². The second-order valence-corrected chi connectivity index (χ2v) is 14.8. The molecule has 0 radical (unpaired) electrons. The molecule has 0 spiro atoms. The van der Waals surface area contributed by atoms with Crippen molar-refractivity contribution in [2.75, 3.05) is 4.90 Å². The summed E-state index contributed by atoms with van der Waals surface area (Å²) >= 11 is 1.92. The molecule has 1 aromatic heterocycles. The van der Waals surface area contributed by atoms with Gasteiger partial charge in [0.25, 0.3) is 0 Å². The number of thiophene rings is 1. The smallest absolute Gasteiger partial charge is 0.0640 e. The van der Waals surface area contributed by atoms with E-state index in [-0.39, 0.29) is 5.41 Å². The van der Waals surface area contributed by atoms with E-state index < -0.39 is 0 Å². The van der Waals surface area contributed by atoms with E-state index in [9.17, 15) is 0 Å². The molecule has 0 bridgehead atoms. The Labute approximate surface area is 290 Å². The fourth-order valence-electron chi connectivity index (χ4n) is 8.21. The lowest BCUT2D eigenvalue weighted by Gasteiger charge is -2.28. The molecule has 0 unspecified atom stereocenters. The Bertz CT molecular complexity index is 2730. The van der Waals surface area contributed by atoms with Crippen LogP contribution in [-0.2, 0) is 5.41 Å². The maximum absolute atomic E-state index is 2.47. The molecule has 0 atom stereocenters. The van der Waals surface area contributed by atoms with Crippen LogP contribution in [0.4, 0.5) is 17.1 Å². The molecule has 0 aliphatic heterocycles. The zero-order valence-corrected chi connectivity index (χ0v) is 28.3. The van der Waals surface area contributed by atoms with Crippen molar-refractivity contribution in [2.24, 2.45) is 0 Å². The molecule has 0 fully saturated rings. The normalized spacial score (nSPS) is 13.3. The van der Waals surface area contributed by atoms with Gasteiger partial charge in [0.2, 0.25) is 0 Å². The Morgan fingerprint density at radius 3 is 1.98 bits per heavy atom. The SMILES string of the molecule is CC1(C)c2ccccc2-c2cc(N(c3ccc(-c4ccccc4)cc3)c3cccc4c3sc3c4ccc4ccc5ccccc5c43)ccc21. The minimum Gasteiger partial charge on any atom is -0.309 e. The third-order valence-electron chi connectivity index (χ3n) is 10.6. The highest BCUT2D eigenvalue weighted by molar-refractivity contribution is 7.27. The third-order valence-corrected chi connectivity index (χ3v) is 11.9. The average molecular weight is 644 g/mol. The van der Waals surface area contributed by atoms with Gasteiger partial charge in [-0.15, -0.1) is 11.3 Å². The standard InChI is InChI=1S/C47H33NS/c1-47(2)41-17-9-8-15-37(41)40-29-35(26-28-42(40)47)48(34-24-21-31(22-25-34)30-11-4-3-5-12-30)43-18-10-16-38-39-27-23-33-20-19-32-13-6-7-14-36(32)44(33)46(39)49-45(38)43/h3-29H,1-2H3. The van der Waals surface area contributed by atoms with Gasteiger partial charge in [-0.3, -0.25) is 0 Å². The van der Waals surface area contributed by atoms with E-state index in [0.29, 0.717) is 0 Å². The minimum absolute atomic E-state index is 0.0397. The first-order chi connectivity index (χ1) is 24.1. The van der Waals surface area contributed by atoms with Crippen LogP contribution in [0.15, 0.2) is 164 Å². The fourth-order valence-corrected chi connectivity index (χ4v) is 9.59. The first-order valence-corrected chi connectivity index (χ1v) is 17.8.